The highest BCUT2D eigenvalue weighted by molar-refractivity contribution is 7.86. The number of fused-ring (bicyclic) bond motifs is 1. The predicted molar refractivity (Wildman–Crippen MR) is 90.5 cm³/mol. The van der Waals surface area contributed by atoms with Crippen molar-refractivity contribution in [3.05, 3.63) is 54.6 Å². The molecule has 7 heteroatoms. The summed E-state index contributed by atoms with van der Waals surface area (Å²) in [4.78, 5) is 4.56. The summed E-state index contributed by atoms with van der Waals surface area (Å²) in [5.74, 6) is 0. The van der Waals surface area contributed by atoms with Gasteiger partial charge in [-0.05, 0) is 31.2 Å². The second-order valence-corrected chi connectivity index (χ2v) is 6.67. The van der Waals surface area contributed by atoms with Crippen molar-refractivity contribution in [2.75, 3.05) is 13.2 Å². The summed E-state index contributed by atoms with van der Waals surface area (Å²) < 4.78 is 36.8. The van der Waals surface area contributed by atoms with Crippen molar-refractivity contribution in [2.45, 2.75) is 18.4 Å². The highest BCUT2D eigenvalue weighted by atomic mass is 32.2. The molecule has 0 saturated carbocycles. The summed E-state index contributed by atoms with van der Waals surface area (Å²) in [5, 5.41) is 0. The molecule has 6 nitrogen and oxygen atoms in total. The zero-order valence-corrected chi connectivity index (χ0v) is 14.1. The van der Waals surface area contributed by atoms with Crippen LogP contribution in [0.15, 0.2) is 59.5 Å². The van der Waals surface area contributed by atoms with E-state index in [2.05, 4.69) is 4.98 Å². The Hall–Kier alpha value is -2.38. The normalized spacial score (nSPS) is 11.7. The Morgan fingerprint density at radius 2 is 1.75 bits per heavy atom. The Bertz CT molecular complexity index is 920. The molecular weight excluding hydrogens is 328 g/mol. The quantitative estimate of drug-likeness (QED) is 0.615. The second-order valence-electron chi connectivity index (χ2n) is 5.06. The Morgan fingerprint density at radius 3 is 2.50 bits per heavy atom. The van der Waals surface area contributed by atoms with Crippen LogP contribution in [0.4, 0.5) is 0 Å². The van der Waals surface area contributed by atoms with Gasteiger partial charge in [-0.15, -0.1) is 0 Å². The SMILES string of the molecule is CCOc1nc2ccccc2n1CCOS(=O)(=O)c1ccccc1. The minimum absolute atomic E-state index is 0.00233. The fourth-order valence-electron chi connectivity index (χ4n) is 2.40. The first kappa shape index (κ1) is 16.5. The van der Waals surface area contributed by atoms with E-state index in [0.29, 0.717) is 19.2 Å². The molecule has 0 amide bonds. The van der Waals surface area contributed by atoms with Crippen molar-refractivity contribution < 1.29 is 17.3 Å². The molecule has 0 aliphatic heterocycles. The number of para-hydroxylation sites is 2. The molecule has 0 radical (unpaired) electrons. The van der Waals surface area contributed by atoms with Crippen LogP contribution in [0, 0.1) is 0 Å². The van der Waals surface area contributed by atoms with E-state index >= 15 is 0 Å². The van der Waals surface area contributed by atoms with Crippen molar-refractivity contribution >= 4 is 21.2 Å². The Kier molecular flexibility index (Phi) is 4.82. The minimum atomic E-state index is -3.77. The zero-order chi connectivity index (χ0) is 17.0. The number of aromatic nitrogens is 2. The molecule has 3 aromatic rings. The van der Waals surface area contributed by atoms with Gasteiger partial charge in [0.2, 0.25) is 0 Å². The van der Waals surface area contributed by atoms with Gasteiger partial charge >= 0.3 is 0 Å². The number of imidazole rings is 1. The Labute approximate surface area is 140 Å². The molecule has 0 aliphatic rings. The fourth-order valence-corrected chi connectivity index (χ4v) is 3.32. The predicted octanol–water partition coefficient (Wildman–Crippen LogP) is 2.84. The van der Waals surface area contributed by atoms with Crippen LogP contribution in [0.25, 0.3) is 11.0 Å². The Balaban J connectivity index is 1.77. The van der Waals surface area contributed by atoms with Gasteiger partial charge in [-0.3, -0.25) is 8.75 Å². The van der Waals surface area contributed by atoms with Crippen molar-refractivity contribution in [3.63, 3.8) is 0 Å². The number of ether oxygens (including phenoxy) is 1. The number of benzene rings is 2. The van der Waals surface area contributed by atoms with E-state index in [1.54, 1.807) is 18.2 Å². The third kappa shape index (κ3) is 3.42. The highest BCUT2D eigenvalue weighted by Gasteiger charge is 2.16. The molecule has 1 heterocycles. The third-order valence-electron chi connectivity index (χ3n) is 3.48. The monoisotopic (exact) mass is 346 g/mol. The maximum atomic E-state index is 12.2. The van der Waals surface area contributed by atoms with Crippen LogP contribution in [0.5, 0.6) is 6.01 Å². The van der Waals surface area contributed by atoms with Crippen LogP contribution in [-0.4, -0.2) is 31.2 Å². The molecule has 126 valence electrons. The van der Waals surface area contributed by atoms with Crippen molar-refractivity contribution in [1.29, 1.82) is 0 Å². The standard InChI is InChI=1S/C17H18N2O4S/c1-2-22-17-18-15-10-6-7-11-16(15)19(17)12-13-23-24(20,21)14-8-4-3-5-9-14/h3-11H,2,12-13H2,1H3. The summed E-state index contributed by atoms with van der Waals surface area (Å²) in [6.45, 7) is 2.67. The van der Waals surface area contributed by atoms with Crippen LogP contribution in [0.1, 0.15) is 6.92 Å². The van der Waals surface area contributed by atoms with E-state index in [-0.39, 0.29) is 11.5 Å². The first-order valence-electron chi connectivity index (χ1n) is 7.64. The average Bonchev–Trinajstić information content (AvgIpc) is 2.94. The molecule has 0 aliphatic carbocycles. The lowest BCUT2D eigenvalue weighted by Crippen LogP contribution is -2.13. The van der Waals surface area contributed by atoms with Gasteiger partial charge in [-0.2, -0.15) is 13.4 Å². The van der Waals surface area contributed by atoms with E-state index in [0.717, 1.165) is 11.0 Å². The zero-order valence-electron chi connectivity index (χ0n) is 13.3. The molecule has 0 fully saturated rings. The number of hydrogen-bond acceptors (Lipinski definition) is 5. The first-order chi connectivity index (χ1) is 11.6. The summed E-state index contributed by atoms with van der Waals surface area (Å²) in [6.07, 6.45) is 0. The topological polar surface area (TPSA) is 70.4 Å². The van der Waals surface area contributed by atoms with Gasteiger partial charge < -0.3 is 4.74 Å². The van der Waals surface area contributed by atoms with Gasteiger partial charge in [0.05, 0.1) is 35.7 Å². The van der Waals surface area contributed by atoms with Crippen LogP contribution in [-0.2, 0) is 20.8 Å². The maximum absolute atomic E-state index is 12.2. The molecule has 3 rings (SSSR count). The van der Waals surface area contributed by atoms with Gasteiger partial charge in [0.25, 0.3) is 16.1 Å². The van der Waals surface area contributed by atoms with E-state index in [4.69, 9.17) is 8.92 Å². The van der Waals surface area contributed by atoms with E-state index in [9.17, 15) is 8.42 Å². The van der Waals surface area contributed by atoms with Crippen LogP contribution < -0.4 is 4.74 Å². The molecule has 0 unspecified atom stereocenters. The number of hydrogen-bond donors (Lipinski definition) is 0. The first-order valence-corrected chi connectivity index (χ1v) is 9.05. The third-order valence-corrected chi connectivity index (χ3v) is 4.80. The molecule has 2 aromatic carbocycles. The van der Waals surface area contributed by atoms with E-state index < -0.39 is 10.1 Å². The summed E-state index contributed by atoms with van der Waals surface area (Å²) in [6, 6.07) is 16.1. The lowest BCUT2D eigenvalue weighted by molar-refractivity contribution is 0.268. The highest BCUT2D eigenvalue weighted by Crippen LogP contribution is 2.21. The van der Waals surface area contributed by atoms with Crippen LogP contribution in [0.2, 0.25) is 0 Å². The number of rotatable bonds is 7. The molecule has 24 heavy (non-hydrogen) atoms. The van der Waals surface area contributed by atoms with Gasteiger partial charge in [-0.1, -0.05) is 30.3 Å². The van der Waals surface area contributed by atoms with Gasteiger partial charge in [0.1, 0.15) is 0 Å². The van der Waals surface area contributed by atoms with Crippen LogP contribution in [0.3, 0.4) is 0 Å². The summed E-state index contributed by atoms with van der Waals surface area (Å²) >= 11 is 0. The smallest absolute Gasteiger partial charge is 0.297 e. The molecule has 0 atom stereocenters. The molecule has 1 aromatic heterocycles. The maximum Gasteiger partial charge on any atom is 0.297 e. The largest absolute Gasteiger partial charge is 0.465 e. The second kappa shape index (κ2) is 7.02. The molecule has 0 N–H and O–H groups in total. The van der Waals surface area contributed by atoms with Gasteiger partial charge in [0, 0.05) is 0 Å². The van der Waals surface area contributed by atoms with Gasteiger partial charge in [-0.25, -0.2) is 0 Å². The lowest BCUT2D eigenvalue weighted by atomic mass is 10.3. The van der Waals surface area contributed by atoms with E-state index in [1.807, 2.05) is 35.8 Å². The average molecular weight is 346 g/mol. The van der Waals surface area contributed by atoms with Crippen molar-refractivity contribution in [1.82, 2.24) is 9.55 Å². The fraction of sp³-hybridized carbons (Fsp3) is 0.235. The van der Waals surface area contributed by atoms with Crippen LogP contribution >= 0.6 is 0 Å². The van der Waals surface area contributed by atoms with E-state index in [1.165, 1.54) is 12.1 Å². The molecule has 0 saturated heterocycles. The van der Waals surface area contributed by atoms with Crippen molar-refractivity contribution in [3.8, 4) is 6.01 Å². The Morgan fingerprint density at radius 1 is 1.04 bits per heavy atom. The number of nitrogens with zero attached hydrogens (tertiary/aromatic N) is 2. The molecule has 0 spiro atoms. The lowest BCUT2D eigenvalue weighted by Gasteiger charge is -2.10. The molecule has 0 bridgehead atoms. The summed E-state index contributed by atoms with van der Waals surface area (Å²) in [5.41, 5.74) is 1.67. The molecular formula is C17H18N2O4S. The minimum Gasteiger partial charge on any atom is -0.465 e. The van der Waals surface area contributed by atoms with Crippen molar-refractivity contribution in [2.24, 2.45) is 0 Å². The summed E-state index contributed by atoms with van der Waals surface area (Å²) in [7, 11) is -3.77. The van der Waals surface area contributed by atoms with Gasteiger partial charge in [0.15, 0.2) is 0 Å².